The molecule has 0 saturated heterocycles. The zero-order valence-electron chi connectivity index (χ0n) is 13.8. The van der Waals surface area contributed by atoms with Crippen LogP contribution in [0.4, 0.5) is 0 Å². The van der Waals surface area contributed by atoms with E-state index in [-0.39, 0.29) is 5.75 Å². The molecule has 0 aliphatic rings. The molecule has 0 radical (unpaired) electrons. The molecule has 0 saturated carbocycles. The van der Waals surface area contributed by atoms with E-state index in [9.17, 15) is 5.11 Å². The molecule has 3 rings (SSSR count). The summed E-state index contributed by atoms with van der Waals surface area (Å²) in [6, 6.07) is 18.1. The molecule has 3 heteroatoms. The lowest BCUT2D eigenvalue weighted by Gasteiger charge is -2.09. The van der Waals surface area contributed by atoms with E-state index in [0.717, 1.165) is 23.4 Å². The molecule has 1 heterocycles. The largest absolute Gasteiger partial charge is 0.504 e. The first-order valence-corrected chi connectivity index (χ1v) is 7.99. The van der Waals surface area contributed by atoms with Gasteiger partial charge in [0.1, 0.15) is 5.69 Å². The van der Waals surface area contributed by atoms with E-state index >= 15 is 0 Å². The summed E-state index contributed by atoms with van der Waals surface area (Å²) in [6.07, 6.45) is 0.777. The Labute approximate surface area is 137 Å². The molecule has 23 heavy (non-hydrogen) atoms. The number of hydrogen-bond acceptors (Lipinski definition) is 2. The molecule has 1 aromatic heterocycles. The van der Waals surface area contributed by atoms with Crippen LogP contribution < -0.4 is 0 Å². The molecule has 0 unspecified atom stereocenters. The van der Waals surface area contributed by atoms with Crippen molar-refractivity contribution in [2.24, 2.45) is 5.92 Å². The molecule has 0 bridgehead atoms. The Hall–Kier alpha value is -2.55. The second kappa shape index (κ2) is 6.29. The van der Waals surface area contributed by atoms with Gasteiger partial charge in [0.15, 0.2) is 5.75 Å². The van der Waals surface area contributed by atoms with Gasteiger partial charge in [0.05, 0.1) is 11.4 Å². The highest BCUT2D eigenvalue weighted by Crippen LogP contribution is 2.34. The Kier molecular flexibility index (Phi) is 4.20. The molecule has 0 aliphatic carbocycles. The summed E-state index contributed by atoms with van der Waals surface area (Å²) in [4.78, 5) is 0. The quantitative estimate of drug-likeness (QED) is 0.755. The fraction of sp³-hybridized carbons (Fsp3) is 0.250. The normalized spacial score (nSPS) is 11.1. The van der Waals surface area contributed by atoms with Crippen molar-refractivity contribution in [3.63, 3.8) is 0 Å². The van der Waals surface area contributed by atoms with Crippen LogP contribution in [0.5, 0.6) is 5.75 Å². The topological polar surface area (TPSA) is 38.0 Å². The van der Waals surface area contributed by atoms with Gasteiger partial charge >= 0.3 is 0 Å². The standard InChI is InChI=1S/C20H22N2O/c1-14(2)13-18-20(23)19(16-11-9-15(3)10-12-16)21-22(18)17-7-5-4-6-8-17/h4-12,14,23H,13H2,1-3H3. The maximum Gasteiger partial charge on any atom is 0.165 e. The van der Waals surface area contributed by atoms with Gasteiger partial charge in [0.25, 0.3) is 0 Å². The minimum Gasteiger partial charge on any atom is -0.504 e. The third kappa shape index (κ3) is 3.14. The SMILES string of the molecule is Cc1ccc(-c2nn(-c3ccccc3)c(CC(C)C)c2O)cc1. The molecule has 0 fully saturated rings. The number of para-hydroxylation sites is 1. The molecule has 3 nitrogen and oxygen atoms in total. The van der Waals surface area contributed by atoms with Crippen molar-refractivity contribution in [2.75, 3.05) is 0 Å². The van der Waals surface area contributed by atoms with Gasteiger partial charge < -0.3 is 5.11 Å². The predicted octanol–water partition coefficient (Wildman–Crippen LogP) is 4.75. The van der Waals surface area contributed by atoms with Crippen LogP contribution in [0.3, 0.4) is 0 Å². The van der Waals surface area contributed by atoms with Gasteiger partial charge in [-0.15, -0.1) is 0 Å². The lowest BCUT2D eigenvalue weighted by atomic mass is 10.0. The smallest absolute Gasteiger partial charge is 0.165 e. The van der Waals surface area contributed by atoms with Gasteiger partial charge in [-0.2, -0.15) is 5.10 Å². The Morgan fingerprint density at radius 3 is 2.26 bits per heavy atom. The number of aryl methyl sites for hydroxylation is 1. The van der Waals surface area contributed by atoms with E-state index in [1.165, 1.54) is 5.56 Å². The van der Waals surface area contributed by atoms with Crippen LogP contribution in [-0.4, -0.2) is 14.9 Å². The van der Waals surface area contributed by atoms with Crippen molar-refractivity contribution in [2.45, 2.75) is 27.2 Å². The minimum absolute atomic E-state index is 0.284. The van der Waals surface area contributed by atoms with Crippen molar-refractivity contribution in [1.82, 2.24) is 9.78 Å². The molecule has 118 valence electrons. The van der Waals surface area contributed by atoms with Crippen LogP contribution in [0.15, 0.2) is 54.6 Å². The highest BCUT2D eigenvalue weighted by molar-refractivity contribution is 5.68. The van der Waals surface area contributed by atoms with Crippen LogP contribution in [0, 0.1) is 12.8 Å². The van der Waals surface area contributed by atoms with Crippen LogP contribution >= 0.6 is 0 Å². The molecule has 0 amide bonds. The molecular weight excluding hydrogens is 284 g/mol. The molecule has 3 aromatic rings. The number of aromatic nitrogens is 2. The fourth-order valence-corrected chi connectivity index (χ4v) is 2.70. The van der Waals surface area contributed by atoms with E-state index in [2.05, 4.69) is 20.8 Å². The van der Waals surface area contributed by atoms with Crippen molar-refractivity contribution in [1.29, 1.82) is 0 Å². The van der Waals surface area contributed by atoms with E-state index in [1.54, 1.807) is 0 Å². The maximum absolute atomic E-state index is 10.8. The third-order valence-corrected chi connectivity index (χ3v) is 3.88. The van der Waals surface area contributed by atoms with E-state index < -0.39 is 0 Å². The first-order chi connectivity index (χ1) is 11.1. The average Bonchev–Trinajstić information content (AvgIpc) is 2.86. The molecular formula is C20H22N2O. The lowest BCUT2D eigenvalue weighted by molar-refractivity contribution is 0.461. The highest BCUT2D eigenvalue weighted by atomic mass is 16.3. The van der Waals surface area contributed by atoms with Gasteiger partial charge in [-0.05, 0) is 31.4 Å². The van der Waals surface area contributed by atoms with E-state index in [0.29, 0.717) is 11.6 Å². The van der Waals surface area contributed by atoms with Gasteiger partial charge in [-0.3, -0.25) is 0 Å². The van der Waals surface area contributed by atoms with Gasteiger partial charge in [-0.1, -0.05) is 61.9 Å². The summed E-state index contributed by atoms with van der Waals surface area (Å²) in [6.45, 7) is 6.34. The zero-order valence-corrected chi connectivity index (χ0v) is 13.8. The first-order valence-electron chi connectivity index (χ1n) is 7.99. The molecule has 2 aromatic carbocycles. The summed E-state index contributed by atoms with van der Waals surface area (Å²) >= 11 is 0. The van der Waals surface area contributed by atoms with Crippen molar-refractivity contribution in [3.05, 3.63) is 65.9 Å². The molecule has 0 aliphatic heterocycles. The number of benzene rings is 2. The number of rotatable bonds is 4. The molecule has 1 N–H and O–H groups in total. The van der Waals surface area contributed by atoms with Crippen molar-refractivity contribution < 1.29 is 5.11 Å². The van der Waals surface area contributed by atoms with Crippen molar-refractivity contribution >= 4 is 0 Å². The van der Waals surface area contributed by atoms with Crippen LogP contribution in [0.1, 0.15) is 25.1 Å². The molecule has 0 atom stereocenters. The number of hydrogen-bond donors (Lipinski definition) is 1. The summed E-state index contributed by atoms with van der Waals surface area (Å²) in [7, 11) is 0. The second-order valence-corrected chi connectivity index (χ2v) is 6.36. The number of aromatic hydroxyl groups is 1. The summed E-state index contributed by atoms with van der Waals surface area (Å²) in [5, 5.41) is 15.5. The highest BCUT2D eigenvalue weighted by Gasteiger charge is 2.20. The van der Waals surface area contributed by atoms with Crippen LogP contribution in [0.25, 0.3) is 16.9 Å². The zero-order chi connectivity index (χ0) is 16.4. The molecule has 0 spiro atoms. The summed E-state index contributed by atoms with van der Waals surface area (Å²) < 4.78 is 1.87. The monoisotopic (exact) mass is 306 g/mol. The second-order valence-electron chi connectivity index (χ2n) is 6.36. The summed E-state index contributed by atoms with van der Waals surface area (Å²) in [5.41, 5.74) is 4.61. The summed E-state index contributed by atoms with van der Waals surface area (Å²) in [5.74, 6) is 0.720. The Morgan fingerprint density at radius 2 is 1.65 bits per heavy atom. The fourth-order valence-electron chi connectivity index (χ4n) is 2.70. The maximum atomic E-state index is 10.8. The van der Waals surface area contributed by atoms with Gasteiger partial charge in [0, 0.05) is 5.56 Å². The first kappa shape index (κ1) is 15.3. The van der Waals surface area contributed by atoms with Crippen molar-refractivity contribution in [3.8, 4) is 22.7 Å². The van der Waals surface area contributed by atoms with Gasteiger partial charge in [0.2, 0.25) is 0 Å². The van der Waals surface area contributed by atoms with Gasteiger partial charge in [-0.25, -0.2) is 4.68 Å². The van der Waals surface area contributed by atoms with Crippen LogP contribution in [-0.2, 0) is 6.42 Å². The minimum atomic E-state index is 0.284. The van der Waals surface area contributed by atoms with Crippen LogP contribution in [0.2, 0.25) is 0 Å². The average molecular weight is 306 g/mol. The Morgan fingerprint density at radius 1 is 1.00 bits per heavy atom. The number of nitrogens with zero attached hydrogens (tertiary/aromatic N) is 2. The Bertz CT molecular complexity index is 787. The predicted molar refractivity (Wildman–Crippen MR) is 93.9 cm³/mol. The lowest BCUT2D eigenvalue weighted by Crippen LogP contribution is -2.05. The third-order valence-electron chi connectivity index (χ3n) is 3.88. The van der Waals surface area contributed by atoms with E-state index in [4.69, 9.17) is 5.10 Å². The Balaban J connectivity index is 2.15. The van der Waals surface area contributed by atoms with E-state index in [1.807, 2.05) is 59.3 Å².